The van der Waals surface area contributed by atoms with Gasteiger partial charge in [0.05, 0.1) is 11.1 Å². The molecule has 0 atom stereocenters. The van der Waals surface area contributed by atoms with Crippen LogP contribution < -0.4 is 5.56 Å². The number of thiophene rings is 1. The summed E-state index contributed by atoms with van der Waals surface area (Å²) in [5.74, 6) is 1.27. The second kappa shape index (κ2) is 6.79. The van der Waals surface area contributed by atoms with Crippen LogP contribution >= 0.6 is 22.9 Å². The van der Waals surface area contributed by atoms with Crippen molar-refractivity contribution in [1.82, 2.24) is 19.2 Å². The van der Waals surface area contributed by atoms with Gasteiger partial charge in [0, 0.05) is 15.5 Å². The quantitative estimate of drug-likeness (QED) is 0.380. The molecule has 0 N–H and O–H groups in total. The maximum atomic E-state index is 13.8. The van der Waals surface area contributed by atoms with Gasteiger partial charge in [0.25, 0.3) is 5.56 Å². The van der Waals surface area contributed by atoms with Crippen LogP contribution in [-0.2, 0) is 12.8 Å². The minimum atomic E-state index is -0.0359. The Morgan fingerprint density at radius 1 is 0.933 bits per heavy atom. The summed E-state index contributed by atoms with van der Waals surface area (Å²) in [6, 6.07) is 17.3. The summed E-state index contributed by atoms with van der Waals surface area (Å²) in [7, 11) is 0. The Morgan fingerprint density at radius 2 is 1.70 bits per heavy atom. The molecule has 0 saturated heterocycles. The minimum Gasteiger partial charge on any atom is -0.268 e. The van der Waals surface area contributed by atoms with Crippen LogP contribution in [0.3, 0.4) is 0 Å². The molecule has 5 aromatic rings. The molecule has 0 fully saturated rings. The first kappa shape index (κ1) is 17.9. The standard InChI is InChI=1S/C23H17ClN4OS/c24-15-10-12-16(13-11-15)27-21(29)19-17-8-4-5-9-18(17)30-22(19)28-20(25-26-23(27)28)14-6-2-1-3-7-14/h1-3,6-7,10-13H,4-5,8-9H2. The van der Waals surface area contributed by atoms with E-state index in [9.17, 15) is 4.79 Å². The number of halogens is 1. The molecule has 1 aliphatic carbocycles. The van der Waals surface area contributed by atoms with Gasteiger partial charge in [-0.3, -0.25) is 9.20 Å². The summed E-state index contributed by atoms with van der Waals surface area (Å²) in [4.78, 5) is 16.0. The number of rotatable bonds is 2. The van der Waals surface area contributed by atoms with Crippen LogP contribution in [0, 0.1) is 0 Å². The van der Waals surface area contributed by atoms with Gasteiger partial charge in [-0.15, -0.1) is 21.5 Å². The SMILES string of the molecule is O=c1c2c3c(sc2n2c(-c4ccccc4)nnc2n1-c1ccc(Cl)cc1)CCCC3. The number of hydrogen-bond acceptors (Lipinski definition) is 4. The zero-order valence-electron chi connectivity index (χ0n) is 16.0. The normalized spacial score (nSPS) is 13.8. The summed E-state index contributed by atoms with van der Waals surface area (Å²) >= 11 is 7.81. The Morgan fingerprint density at radius 3 is 2.50 bits per heavy atom. The fourth-order valence-electron chi connectivity index (χ4n) is 4.34. The highest BCUT2D eigenvalue weighted by atomic mass is 35.5. The maximum Gasteiger partial charge on any atom is 0.268 e. The first-order valence-corrected chi connectivity index (χ1v) is 11.2. The first-order valence-electron chi connectivity index (χ1n) is 9.98. The molecule has 2 aromatic carbocycles. The van der Waals surface area contributed by atoms with Crippen LogP contribution in [-0.4, -0.2) is 19.2 Å². The lowest BCUT2D eigenvalue weighted by Crippen LogP contribution is -2.22. The van der Waals surface area contributed by atoms with E-state index in [1.165, 1.54) is 16.9 Å². The summed E-state index contributed by atoms with van der Waals surface area (Å²) < 4.78 is 3.71. The van der Waals surface area contributed by atoms with Crippen LogP contribution in [0.5, 0.6) is 0 Å². The second-order valence-corrected chi connectivity index (χ2v) is 9.05. The average Bonchev–Trinajstić information content (AvgIpc) is 3.38. The fraction of sp³-hybridized carbons (Fsp3) is 0.174. The minimum absolute atomic E-state index is 0.0359. The molecule has 3 heterocycles. The summed E-state index contributed by atoms with van der Waals surface area (Å²) in [6.45, 7) is 0. The van der Waals surface area contributed by atoms with Crippen LogP contribution in [0.25, 0.3) is 33.1 Å². The lowest BCUT2D eigenvalue weighted by molar-refractivity contribution is 0.699. The molecule has 0 bridgehead atoms. The van der Waals surface area contributed by atoms with Crippen molar-refractivity contribution in [1.29, 1.82) is 0 Å². The molecule has 1 aliphatic rings. The summed E-state index contributed by atoms with van der Waals surface area (Å²) in [5.41, 5.74) is 2.87. The van der Waals surface area contributed by atoms with Crippen molar-refractivity contribution in [2.24, 2.45) is 0 Å². The van der Waals surface area contributed by atoms with Gasteiger partial charge in [0.1, 0.15) is 4.83 Å². The van der Waals surface area contributed by atoms with E-state index in [1.54, 1.807) is 28.0 Å². The Labute approximate surface area is 181 Å². The Balaban J connectivity index is 1.79. The molecule has 30 heavy (non-hydrogen) atoms. The van der Waals surface area contributed by atoms with E-state index < -0.39 is 0 Å². The molecular formula is C23H17ClN4OS. The number of nitrogens with zero attached hydrogens (tertiary/aromatic N) is 4. The van der Waals surface area contributed by atoms with Gasteiger partial charge >= 0.3 is 0 Å². The molecule has 5 nitrogen and oxygen atoms in total. The third-order valence-electron chi connectivity index (χ3n) is 5.74. The molecule has 6 rings (SSSR count). The van der Waals surface area contributed by atoms with Gasteiger partial charge in [-0.2, -0.15) is 0 Å². The zero-order valence-corrected chi connectivity index (χ0v) is 17.6. The van der Waals surface area contributed by atoms with Crippen molar-refractivity contribution in [3.63, 3.8) is 0 Å². The highest BCUT2D eigenvalue weighted by Gasteiger charge is 2.25. The molecular weight excluding hydrogens is 416 g/mol. The van der Waals surface area contributed by atoms with Crippen molar-refractivity contribution in [2.75, 3.05) is 0 Å². The van der Waals surface area contributed by atoms with Gasteiger partial charge in [0.15, 0.2) is 5.82 Å². The molecule has 3 aromatic heterocycles. The zero-order chi connectivity index (χ0) is 20.2. The van der Waals surface area contributed by atoms with E-state index in [1.807, 2.05) is 46.9 Å². The smallest absolute Gasteiger partial charge is 0.268 e. The largest absolute Gasteiger partial charge is 0.268 e. The lowest BCUT2D eigenvalue weighted by atomic mass is 9.97. The van der Waals surface area contributed by atoms with Gasteiger partial charge in [0.2, 0.25) is 5.78 Å². The Bertz CT molecular complexity index is 1470. The molecule has 0 saturated carbocycles. The van der Waals surface area contributed by atoms with Gasteiger partial charge in [-0.05, 0) is 55.5 Å². The molecule has 148 valence electrons. The van der Waals surface area contributed by atoms with Crippen LogP contribution in [0.15, 0.2) is 59.4 Å². The average molecular weight is 433 g/mol. The predicted octanol–water partition coefficient (Wildman–Crippen LogP) is 5.29. The topological polar surface area (TPSA) is 52.2 Å². The number of benzene rings is 2. The van der Waals surface area contributed by atoms with Crippen LogP contribution in [0.4, 0.5) is 0 Å². The fourth-order valence-corrected chi connectivity index (χ4v) is 5.84. The molecule has 0 amide bonds. The molecule has 0 unspecified atom stereocenters. The van der Waals surface area contributed by atoms with E-state index in [0.29, 0.717) is 10.8 Å². The monoisotopic (exact) mass is 432 g/mol. The van der Waals surface area contributed by atoms with Crippen molar-refractivity contribution in [3.8, 4) is 17.1 Å². The van der Waals surface area contributed by atoms with E-state index in [0.717, 1.165) is 46.6 Å². The van der Waals surface area contributed by atoms with Crippen molar-refractivity contribution in [2.45, 2.75) is 25.7 Å². The van der Waals surface area contributed by atoms with Crippen molar-refractivity contribution < 1.29 is 0 Å². The Hall–Kier alpha value is -2.96. The Kier molecular flexibility index (Phi) is 4.04. The van der Waals surface area contributed by atoms with E-state index >= 15 is 0 Å². The maximum absolute atomic E-state index is 13.8. The number of hydrogen-bond donors (Lipinski definition) is 0. The predicted molar refractivity (Wildman–Crippen MR) is 121 cm³/mol. The third kappa shape index (κ3) is 2.57. The summed E-state index contributed by atoms with van der Waals surface area (Å²) in [5, 5.41) is 10.4. The number of aryl methyl sites for hydroxylation is 2. The van der Waals surface area contributed by atoms with Crippen LogP contribution in [0.2, 0.25) is 5.02 Å². The molecule has 0 spiro atoms. The van der Waals surface area contributed by atoms with Crippen molar-refractivity contribution in [3.05, 3.63) is 80.4 Å². The van der Waals surface area contributed by atoms with Gasteiger partial charge in [-0.1, -0.05) is 41.9 Å². The molecule has 0 aliphatic heterocycles. The van der Waals surface area contributed by atoms with Gasteiger partial charge < -0.3 is 0 Å². The summed E-state index contributed by atoms with van der Waals surface area (Å²) in [6.07, 6.45) is 4.26. The molecule has 0 radical (unpaired) electrons. The first-order chi connectivity index (χ1) is 14.7. The highest BCUT2D eigenvalue weighted by Crippen LogP contribution is 2.36. The number of fused-ring (bicyclic) bond motifs is 5. The lowest BCUT2D eigenvalue weighted by Gasteiger charge is -2.12. The highest BCUT2D eigenvalue weighted by molar-refractivity contribution is 7.19. The van der Waals surface area contributed by atoms with Gasteiger partial charge in [-0.25, -0.2) is 4.57 Å². The second-order valence-electron chi connectivity index (χ2n) is 7.53. The van der Waals surface area contributed by atoms with Crippen LogP contribution in [0.1, 0.15) is 23.3 Å². The number of aromatic nitrogens is 4. The van der Waals surface area contributed by atoms with E-state index in [2.05, 4.69) is 10.2 Å². The third-order valence-corrected chi connectivity index (χ3v) is 7.26. The van der Waals surface area contributed by atoms with Crippen molar-refractivity contribution >= 4 is 38.9 Å². The van der Waals surface area contributed by atoms with E-state index in [4.69, 9.17) is 11.6 Å². The molecule has 7 heteroatoms. The van der Waals surface area contributed by atoms with E-state index in [-0.39, 0.29) is 5.56 Å².